The number of hydrogen-bond donors (Lipinski definition) is 0. The van der Waals surface area contributed by atoms with Crippen molar-refractivity contribution in [2.45, 2.75) is 39.5 Å². The Labute approximate surface area is 121 Å². The van der Waals surface area contributed by atoms with Gasteiger partial charge in [0.2, 0.25) is 0 Å². The van der Waals surface area contributed by atoms with Crippen LogP contribution in [0.3, 0.4) is 0 Å². The Hall–Kier alpha value is -1.89. The number of rotatable bonds is 5. The molecular formula is C19H22O. The van der Waals surface area contributed by atoms with Crippen LogP contribution in [0.4, 0.5) is 0 Å². The van der Waals surface area contributed by atoms with E-state index >= 15 is 0 Å². The van der Waals surface area contributed by atoms with Gasteiger partial charge in [-0.1, -0.05) is 48.0 Å². The summed E-state index contributed by atoms with van der Waals surface area (Å²) in [5.41, 5.74) is 6.59. The third kappa shape index (κ3) is 3.36. The molecule has 1 nitrogen and oxygen atoms in total. The van der Waals surface area contributed by atoms with Gasteiger partial charge in [-0.15, -0.1) is 0 Å². The van der Waals surface area contributed by atoms with Gasteiger partial charge >= 0.3 is 0 Å². The Balaban J connectivity index is 2.32. The summed E-state index contributed by atoms with van der Waals surface area (Å²) in [6, 6.07) is 14.8. The lowest BCUT2D eigenvalue weighted by atomic mass is 9.86. The first-order valence-electron chi connectivity index (χ1n) is 7.17. The summed E-state index contributed by atoms with van der Waals surface area (Å²) in [5, 5.41) is 0. The largest absolute Gasteiger partial charge is 0.303 e. The summed E-state index contributed by atoms with van der Waals surface area (Å²) in [7, 11) is 0. The van der Waals surface area contributed by atoms with E-state index in [1.165, 1.54) is 27.8 Å². The van der Waals surface area contributed by atoms with E-state index in [-0.39, 0.29) is 5.92 Å². The van der Waals surface area contributed by atoms with Crippen LogP contribution < -0.4 is 0 Å². The molecule has 0 saturated heterocycles. The second-order valence-corrected chi connectivity index (χ2v) is 5.59. The lowest BCUT2D eigenvalue weighted by Crippen LogP contribution is -2.07. The molecule has 1 atom stereocenters. The molecule has 0 spiro atoms. The van der Waals surface area contributed by atoms with E-state index in [0.29, 0.717) is 6.42 Å². The molecule has 0 heterocycles. The van der Waals surface area contributed by atoms with Crippen molar-refractivity contribution in [2.75, 3.05) is 0 Å². The van der Waals surface area contributed by atoms with Crippen molar-refractivity contribution in [1.29, 1.82) is 0 Å². The van der Waals surface area contributed by atoms with Gasteiger partial charge < -0.3 is 4.79 Å². The summed E-state index contributed by atoms with van der Waals surface area (Å²) in [5.74, 6) is 0.272. The van der Waals surface area contributed by atoms with E-state index in [4.69, 9.17) is 0 Å². The monoisotopic (exact) mass is 266 g/mol. The highest BCUT2D eigenvalue weighted by atomic mass is 16.1. The topological polar surface area (TPSA) is 17.1 Å². The third-order valence-electron chi connectivity index (χ3n) is 3.94. The average Bonchev–Trinajstić information content (AvgIpc) is 2.42. The molecule has 0 radical (unpaired) electrons. The van der Waals surface area contributed by atoms with Gasteiger partial charge in [-0.2, -0.15) is 0 Å². The Morgan fingerprint density at radius 2 is 1.60 bits per heavy atom. The van der Waals surface area contributed by atoms with E-state index in [1.807, 2.05) is 18.2 Å². The number of carbonyl (C=O) groups is 1. The first-order valence-corrected chi connectivity index (χ1v) is 7.17. The van der Waals surface area contributed by atoms with Crippen molar-refractivity contribution in [3.8, 4) is 0 Å². The predicted molar refractivity (Wildman–Crippen MR) is 84.2 cm³/mol. The molecule has 0 bridgehead atoms. The third-order valence-corrected chi connectivity index (χ3v) is 3.94. The normalized spacial score (nSPS) is 12.2. The van der Waals surface area contributed by atoms with E-state index in [9.17, 15) is 4.79 Å². The smallest absolute Gasteiger partial charge is 0.120 e. The number of hydrogen-bond acceptors (Lipinski definition) is 1. The van der Waals surface area contributed by atoms with Crippen molar-refractivity contribution in [2.24, 2.45) is 0 Å². The highest BCUT2D eigenvalue weighted by molar-refractivity contribution is 5.52. The highest BCUT2D eigenvalue weighted by Gasteiger charge is 2.14. The van der Waals surface area contributed by atoms with E-state index in [1.54, 1.807) is 0 Å². The average molecular weight is 266 g/mol. The van der Waals surface area contributed by atoms with Gasteiger partial charge in [-0.05, 0) is 55.4 Å². The fraction of sp³-hybridized carbons (Fsp3) is 0.316. The minimum Gasteiger partial charge on any atom is -0.303 e. The molecule has 2 rings (SSSR count). The maximum atomic E-state index is 11.0. The lowest BCUT2D eigenvalue weighted by molar-refractivity contribution is -0.108. The van der Waals surface area contributed by atoms with Crippen LogP contribution in [0.1, 0.15) is 40.2 Å². The van der Waals surface area contributed by atoms with Gasteiger partial charge in [0.1, 0.15) is 6.29 Å². The van der Waals surface area contributed by atoms with Crippen molar-refractivity contribution in [3.63, 3.8) is 0 Å². The Morgan fingerprint density at radius 1 is 1.00 bits per heavy atom. The van der Waals surface area contributed by atoms with Crippen LogP contribution in [-0.2, 0) is 11.2 Å². The SMILES string of the molecule is Cc1cc(C)c(C[C@@H](CC=O)c2ccccc2)c(C)c1. The molecule has 104 valence electrons. The molecule has 0 unspecified atom stereocenters. The number of carbonyl (C=O) groups excluding carboxylic acids is 1. The van der Waals surface area contributed by atoms with Crippen LogP contribution in [0.15, 0.2) is 42.5 Å². The van der Waals surface area contributed by atoms with Crippen LogP contribution >= 0.6 is 0 Å². The van der Waals surface area contributed by atoms with Gasteiger partial charge in [0.05, 0.1) is 0 Å². The predicted octanol–water partition coefficient (Wildman–Crippen LogP) is 4.53. The van der Waals surface area contributed by atoms with Crippen molar-refractivity contribution in [1.82, 2.24) is 0 Å². The van der Waals surface area contributed by atoms with Crippen molar-refractivity contribution < 1.29 is 4.79 Å². The molecule has 0 amide bonds. The maximum absolute atomic E-state index is 11.0. The quantitative estimate of drug-likeness (QED) is 0.727. The fourth-order valence-electron chi connectivity index (χ4n) is 2.96. The van der Waals surface area contributed by atoms with E-state index in [2.05, 4.69) is 45.0 Å². The van der Waals surface area contributed by atoms with Gasteiger partial charge in [-0.25, -0.2) is 0 Å². The van der Waals surface area contributed by atoms with Crippen LogP contribution in [0.5, 0.6) is 0 Å². The molecule has 2 aromatic carbocycles. The van der Waals surface area contributed by atoms with Crippen LogP contribution in [0.25, 0.3) is 0 Å². The van der Waals surface area contributed by atoms with Crippen molar-refractivity contribution in [3.05, 3.63) is 70.3 Å². The van der Waals surface area contributed by atoms with Crippen LogP contribution in [0.2, 0.25) is 0 Å². The molecule has 0 aliphatic heterocycles. The lowest BCUT2D eigenvalue weighted by Gasteiger charge is -2.18. The zero-order valence-corrected chi connectivity index (χ0v) is 12.5. The Kier molecular flexibility index (Phi) is 4.73. The summed E-state index contributed by atoms with van der Waals surface area (Å²) in [6.07, 6.45) is 2.55. The van der Waals surface area contributed by atoms with Crippen molar-refractivity contribution >= 4 is 6.29 Å². The number of benzene rings is 2. The van der Waals surface area contributed by atoms with Crippen LogP contribution in [0, 0.1) is 20.8 Å². The molecule has 0 fully saturated rings. The fourth-order valence-corrected chi connectivity index (χ4v) is 2.96. The number of aldehydes is 1. The summed E-state index contributed by atoms with van der Waals surface area (Å²) in [6.45, 7) is 6.46. The number of aryl methyl sites for hydroxylation is 3. The zero-order valence-electron chi connectivity index (χ0n) is 12.5. The zero-order chi connectivity index (χ0) is 14.5. The minimum atomic E-state index is 0.272. The minimum absolute atomic E-state index is 0.272. The summed E-state index contributed by atoms with van der Waals surface area (Å²) >= 11 is 0. The molecule has 0 aromatic heterocycles. The first-order chi connectivity index (χ1) is 9.61. The molecule has 0 aliphatic carbocycles. The molecule has 20 heavy (non-hydrogen) atoms. The second-order valence-electron chi connectivity index (χ2n) is 5.59. The molecule has 0 aliphatic rings. The Bertz CT molecular complexity index is 561. The second kappa shape index (κ2) is 6.51. The first kappa shape index (κ1) is 14.5. The molecule has 0 N–H and O–H groups in total. The molecule has 2 aromatic rings. The summed E-state index contributed by atoms with van der Waals surface area (Å²) in [4.78, 5) is 11.0. The van der Waals surface area contributed by atoms with E-state index in [0.717, 1.165) is 12.7 Å². The molecular weight excluding hydrogens is 244 g/mol. The van der Waals surface area contributed by atoms with Gasteiger partial charge in [-0.3, -0.25) is 0 Å². The highest BCUT2D eigenvalue weighted by Crippen LogP contribution is 2.27. The summed E-state index contributed by atoms with van der Waals surface area (Å²) < 4.78 is 0. The van der Waals surface area contributed by atoms with Gasteiger partial charge in [0.25, 0.3) is 0 Å². The Morgan fingerprint density at radius 3 is 2.15 bits per heavy atom. The van der Waals surface area contributed by atoms with Crippen LogP contribution in [-0.4, -0.2) is 6.29 Å². The maximum Gasteiger partial charge on any atom is 0.120 e. The molecule has 1 heteroatoms. The molecule has 0 saturated carbocycles. The van der Waals surface area contributed by atoms with Gasteiger partial charge in [0, 0.05) is 6.42 Å². The van der Waals surface area contributed by atoms with E-state index < -0.39 is 0 Å². The van der Waals surface area contributed by atoms with Gasteiger partial charge in [0.15, 0.2) is 0 Å². The standard InChI is InChI=1S/C19H22O/c1-14-11-15(2)19(16(3)12-14)13-18(9-10-20)17-7-5-4-6-8-17/h4-8,10-12,18H,9,13H2,1-3H3/t18-/m1/s1.